The molecule has 2 aliphatic heterocycles. The van der Waals surface area contributed by atoms with Gasteiger partial charge in [-0.25, -0.2) is 4.98 Å². The minimum absolute atomic E-state index is 0. The van der Waals surface area contributed by atoms with Gasteiger partial charge in [-0.2, -0.15) is 0 Å². The second-order valence-electron chi connectivity index (χ2n) is 4.98. The molecule has 0 atom stereocenters. The van der Waals surface area contributed by atoms with E-state index in [0.29, 0.717) is 0 Å². The summed E-state index contributed by atoms with van der Waals surface area (Å²) in [5, 5.41) is 3.43. The molecule has 3 heterocycles. The van der Waals surface area contributed by atoms with Crippen LogP contribution in [-0.2, 0) is 17.6 Å². The number of hydrogen-bond donors (Lipinski definition) is 1. The SMILES string of the molecule is Cl.Cl.c1cc2c(nc1N1CCCOCC1)CCNCC2. The molecular formula is C14H23Cl2N3O. The van der Waals surface area contributed by atoms with Crippen LogP contribution in [0.15, 0.2) is 12.1 Å². The number of rotatable bonds is 1. The van der Waals surface area contributed by atoms with Crippen LogP contribution in [0.1, 0.15) is 17.7 Å². The molecule has 0 saturated carbocycles. The number of ether oxygens (including phenoxy) is 1. The minimum Gasteiger partial charge on any atom is -0.380 e. The molecule has 0 aromatic carbocycles. The van der Waals surface area contributed by atoms with Crippen molar-refractivity contribution in [3.63, 3.8) is 0 Å². The molecule has 1 aromatic heterocycles. The van der Waals surface area contributed by atoms with Gasteiger partial charge < -0.3 is 15.0 Å². The van der Waals surface area contributed by atoms with Crippen molar-refractivity contribution in [2.24, 2.45) is 0 Å². The zero-order valence-corrected chi connectivity index (χ0v) is 13.3. The fourth-order valence-electron chi connectivity index (χ4n) is 2.67. The van der Waals surface area contributed by atoms with Crippen molar-refractivity contribution in [2.45, 2.75) is 19.3 Å². The Morgan fingerprint density at radius 3 is 2.80 bits per heavy atom. The molecule has 0 spiro atoms. The van der Waals surface area contributed by atoms with Crippen molar-refractivity contribution >= 4 is 30.6 Å². The maximum absolute atomic E-state index is 5.50. The van der Waals surface area contributed by atoms with E-state index in [9.17, 15) is 0 Å². The second-order valence-corrected chi connectivity index (χ2v) is 4.98. The van der Waals surface area contributed by atoms with Crippen LogP contribution in [0.5, 0.6) is 0 Å². The average molecular weight is 320 g/mol. The molecule has 20 heavy (non-hydrogen) atoms. The highest BCUT2D eigenvalue weighted by Crippen LogP contribution is 2.18. The van der Waals surface area contributed by atoms with Crippen LogP contribution >= 0.6 is 24.8 Å². The molecule has 3 rings (SSSR count). The first kappa shape index (κ1) is 17.5. The standard InChI is InChI=1S/C14H21N3O.2ClH/c1-8-17(9-11-18-10-1)14-3-2-12-4-6-15-7-5-13(12)16-14;;/h2-3,15H,1,4-11H2;2*1H. The van der Waals surface area contributed by atoms with Crippen LogP contribution in [0.3, 0.4) is 0 Å². The van der Waals surface area contributed by atoms with Gasteiger partial charge in [-0.05, 0) is 31.0 Å². The number of anilines is 1. The predicted molar refractivity (Wildman–Crippen MR) is 86.7 cm³/mol. The molecule has 1 aromatic rings. The highest BCUT2D eigenvalue weighted by Gasteiger charge is 2.14. The van der Waals surface area contributed by atoms with Crippen molar-refractivity contribution in [1.29, 1.82) is 0 Å². The first-order valence-corrected chi connectivity index (χ1v) is 6.96. The average Bonchev–Trinajstić information content (AvgIpc) is 2.80. The van der Waals surface area contributed by atoms with Gasteiger partial charge >= 0.3 is 0 Å². The van der Waals surface area contributed by atoms with E-state index >= 15 is 0 Å². The van der Waals surface area contributed by atoms with Crippen molar-refractivity contribution < 1.29 is 4.74 Å². The number of aromatic nitrogens is 1. The van der Waals surface area contributed by atoms with Gasteiger partial charge in [0.05, 0.1) is 6.61 Å². The maximum Gasteiger partial charge on any atom is 0.128 e. The lowest BCUT2D eigenvalue weighted by atomic mass is 10.1. The van der Waals surface area contributed by atoms with Crippen molar-refractivity contribution in [3.8, 4) is 0 Å². The van der Waals surface area contributed by atoms with Gasteiger partial charge in [-0.3, -0.25) is 0 Å². The van der Waals surface area contributed by atoms with E-state index < -0.39 is 0 Å². The van der Waals surface area contributed by atoms with Crippen LogP contribution in [-0.4, -0.2) is 44.4 Å². The van der Waals surface area contributed by atoms with Crippen molar-refractivity contribution in [1.82, 2.24) is 10.3 Å². The lowest BCUT2D eigenvalue weighted by Crippen LogP contribution is -2.27. The largest absolute Gasteiger partial charge is 0.380 e. The molecule has 6 heteroatoms. The van der Waals surface area contributed by atoms with Crippen LogP contribution in [0, 0.1) is 0 Å². The van der Waals surface area contributed by atoms with Crippen LogP contribution < -0.4 is 10.2 Å². The molecule has 114 valence electrons. The number of hydrogen-bond acceptors (Lipinski definition) is 4. The summed E-state index contributed by atoms with van der Waals surface area (Å²) in [5.74, 6) is 1.13. The maximum atomic E-state index is 5.50. The summed E-state index contributed by atoms with van der Waals surface area (Å²) in [6, 6.07) is 4.44. The summed E-state index contributed by atoms with van der Waals surface area (Å²) in [4.78, 5) is 7.22. The Bertz CT molecular complexity index is 409. The van der Waals surface area contributed by atoms with Gasteiger partial charge in [-0.1, -0.05) is 6.07 Å². The normalized spacial score (nSPS) is 18.9. The van der Waals surface area contributed by atoms with E-state index in [4.69, 9.17) is 9.72 Å². The molecule has 0 aliphatic carbocycles. The van der Waals surface area contributed by atoms with Gasteiger partial charge in [0.2, 0.25) is 0 Å². The third kappa shape index (κ3) is 4.22. The minimum atomic E-state index is 0. The molecule has 0 unspecified atom stereocenters. The van der Waals surface area contributed by atoms with E-state index in [1.807, 2.05) is 0 Å². The van der Waals surface area contributed by atoms with Gasteiger partial charge in [0, 0.05) is 38.4 Å². The lowest BCUT2D eigenvalue weighted by molar-refractivity contribution is 0.152. The predicted octanol–water partition coefficient (Wildman–Crippen LogP) is 1.84. The zero-order chi connectivity index (χ0) is 12.2. The van der Waals surface area contributed by atoms with E-state index in [2.05, 4.69) is 22.3 Å². The van der Waals surface area contributed by atoms with Crippen molar-refractivity contribution in [2.75, 3.05) is 44.3 Å². The quantitative estimate of drug-likeness (QED) is 0.857. The first-order valence-electron chi connectivity index (χ1n) is 6.96. The van der Waals surface area contributed by atoms with E-state index in [1.165, 1.54) is 11.3 Å². The summed E-state index contributed by atoms with van der Waals surface area (Å²) in [6.45, 7) is 5.85. The summed E-state index contributed by atoms with van der Waals surface area (Å²) in [7, 11) is 0. The Morgan fingerprint density at radius 2 is 1.90 bits per heavy atom. The molecule has 4 nitrogen and oxygen atoms in total. The van der Waals surface area contributed by atoms with Gasteiger partial charge in [0.1, 0.15) is 5.82 Å². The van der Waals surface area contributed by atoms with Crippen LogP contribution in [0.4, 0.5) is 5.82 Å². The lowest BCUT2D eigenvalue weighted by Gasteiger charge is -2.21. The number of fused-ring (bicyclic) bond motifs is 1. The molecule has 0 bridgehead atoms. The van der Waals surface area contributed by atoms with Gasteiger partial charge in [0.15, 0.2) is 0 Å². The van der Waals surface area contributed by atoms with Crippen LogP contribution in [0.2, 0.25) is 0 Å². The summed E-state index contributed by atoms with van der Waals surface area (Å²) in [5.41, 5.74) is 2.69. The number of nitrogens with one attached hydrogen (secondary N) is 1. The third-order valence-electron chi connectivity index (χ3n) is 3.71. The summed E-state index contributed by atoms with van der Waals surface area (Å²) < 4.78 is 5.50. The van der Waals surface area contributed by atoms with Gasteiger partial charge in [-0.15, -0.1) is 24.8 Å². The first-order chi connectivity index (χ1) is 8.93. The van der Waals surface area contributed by atoms with Crippen molar-refractivity contribution in [3.05, 3.63) is 23.4 Å². The number of nitrogens with zero attached hydrogens (tertiary/aromatic N) is 2. The Kier molecular flexibility index (Phi) is 7.59. The topological polar surface area (TPSA) is 37.4 Å². The smallest absolute Gasteiger partial charge is 0.128 e. The molecule has 0 radical (unpaired) electrons. The Morgan fingerprint density at radius 1 is 1.05 bits per heavy atom. The fraction of sp³-hybridized carbons (Fsp3) is 0.643. The molecular weight excluding hydrogens is 297 g/mol. The highest BCUT2D eigenvalue weighted by atomic mass is 35.5. The molecule has 1 N–H and O–H groups in total. The Balaban J connectivity index is 0.000001000. The Hall–Kier alpha value is -0.550. The zero-order valence-electron chi connectivity index (χ0n) is 11.6. The van der Waals surface area contributed by atoms with E-state index in [0.717, 1.165) is 64.5 Å². The monoisotopic (exact) mass is 319 g/mol. The van der Waals surface area contributed by atoms with E-state index in [-0.39, 0.29) is 24.8 Å². The fourth-order valence-corrected chi connectivity index (χ4v) is 2.67. The van der Waals surface area contributed by atoms with Gasteiger partial charge in [0.25, 0.3) is 0 Å². The third-order valence-corrected chi connectivity index (χ3v) is 3.71. The molecule has 2 aliphatic rings. The molecule has 1 saturated heterocycles. The summed E-state index contributed by atoms with van der Waals surface area (Å²) >= 11 is 0. The second kappa shape index (κ2) is 8.67. The Labute approximate surface area is 133 Å². The van der Waals surface area contributed by atoms with Crippen LogP contribution in [0.25, 0.3) is 0 Å². The highest BCUT2D eigenvalue weighted by molar-refractivity contribution is 5.85. The summed E-state index contributed by atoms with van der Waals surface area (Å²) in [6.07, 6.45) is 3.25. The molecule has 1 fully saturated rings. The molecule has 0 amide bonds. The number of halogens is 2. The van der Waals surface area contributed by atoms with E-state index in [1.54, 1.807) is 0 Å². The number of pyridine rings is 1.